The molecule has 3 nitrogen and oxygen atoms in total. The minimum absolute atomic E-state index is 0.0573. The van der Waals surface area contributed by atoms with E-state index in [1.54, 1.807) is 0 Å². The van der Waals surface area contributed by atoms with Gasteiger partial charge in [0.2, 0.25) is 5.29 Å². The second-order valence-corrected chi connectivity index (χ2v) is 6.34. The third-order valence-electron chi connectivity index (χ3n) is 4.35. The second-order valence-electron chi connectivity index (χ2n) is 6.00. The predicted molar refractivity (Wildman–Crippen MR) is 117 cm³/mol. The van der Waals surface area contributed by atoms with Gasteiger partial charge in [-0.1, -0.05) is 78.9 Å². The van der Waals surface area contributed by atoms with E-state index >= 15 is 0 Å². The third kappa shape index (κ3) is 3.50. The summed E-state index contributed by atoms with van der Waals surface area (Å²) in [6.45, 7) is 3.46. The Morgan fingerprint density at radius 3 is 2.04 bits per heavy atom. The maximum Gasteiger partial charge on any atom is 0.223 e. The van der Waals surface area contributed by atoms with Crippen molar-refractivity contribution in [2.45, 2.75) is 0 Å². The highest BCUT2D eigenvalue weighted by Gasteiger charge is 2.10. The van der Waals surface area contributed by atoms with Gasteiger partial charge in [-0.05, 0) is 40.5 Å². The van der Waals surface area contributed by atoms with Gasteiger partial charge in [-0.3, -0.25) is 0 Å². The molecule has 0 heterocycles. The molecule has 27 heavy (non-hydrogen) atoms. The highest BCUT2D eigenvalue weighted by molar-refractivity contribution is 6.66. The fraction of sp³-hybridized carbons (Fsp3) is 0. The number of rotatable bonds is 2. The lowest BCUT2D eigenvalue weighted by Gasteiger charge is -2.08. The molecule has 0 aliphatic carbocycles. The maximum absolute atomic E-state index is 6.09. The number of fused-ring (bicyclic) bond motifs is 2. The van der Waals surface area contributed by atoms with E-state index in [0.717, 1.165) is 32.8 Å². The zero-order valence-electron chi connectivity index (χ0n) is 14.5. The van der Waals surface area contributed by atoms with Crippen LogP contribution >= 0.6 is 11.6 Å². The van der Waals surface area contributed by atoms with Crippen LogP contribution in [0, 0.1) is 0 Å². The maximum atomic E-state index is 6.09. The van der Waals surface area contributed by atoms with Gasteiger partial charge in [0, 0.05) is 10.9 Å². The van der Waals surface area contributed by atoms with Crippen LogP contribution in [0.25, 0.3) is 21.5 Å². The molecule has 130 valence electrons. The molecule has 0 aromatic heterocycles. The Labute approximate surface area is 162 Å². The smallest absolute Gasteiger partial charge is 0.223 e. The van der Waals surface area contributed by atoms with Crippen molar-refractivity contribution in [2.24, 2.45) is 15.0 Å². The van der Waals surface area contributed by atoms with Crippen molar-refractivity contribution in [3.8, 4) is 0 Å². The number of benzene rings is 4. The monoisotopic (exact) mass is 369 g/mol. The lowest BCUT2D eigenvalue weighted by Crippen LogP contribution is -2.01. The highest BCUT2D eigenvalue weighted by atomic mass is 35.5. The average molecular weight is 370 g/mol. The standard InChI is InChI=1S/C23H16ClN3/c1-25-23(24)27-22(20-14-6-10-16-8-2-4-12-18(16)20)26-21-15-7-11-17-9-3-5-13-19(17)21/h2-15H,1H2/b26-22-,27-23-. The Morgan fingerprint density at radius 1 is 0.704 bits per heavy atom. The molecule has 4 rings (SSSR count). The average Bonchev–Trinajstić information content (AvgIpc) is 2.73. The Kier molecular flexibility index (Phi) is 4.77. The lowest BCUT2D eigenvalue weighted by molar-refractivity contribution is 1.47. The molecule has 0 aliphatic rings. The van der Waals surface area contributed by atoms with Crippen molar-refractivity contribution in [1.82, 2.24) is 0 Å². The summed E-state index contributed by atoms with van der Waals surface area (Å²) in [5, 5.41) is 4.39. The first-order valence-electron chi connectivity index (χ1n) is 8.52. The largest absolute Gasteiger partial charge is 0.234 e. The van der Waals surface area contributed by atoms with E-state index in [4.69, 9.17) is 16.6 Å². The number of amidine groups is 2. The molecular weight excluding hydrogens is 354 g/mol. The topological polar surface area (TPSA) is 37.1 Å². The summed E-state index contributed by atoms with van der Waals surface area (Å²) in [4.78, 5) is 13.0. The minimum atomic E-state index is 0.0573. The van der Waals surface area contributed by atoms with Gasteiger partial charge in [-0.2, -0.15) is 4.99 Å². The first-order valence-corrected chi connectivity index (χ1v) is 8.89. The zero-order valence-corrected chi connectivity index (χ0v) is 15.3. The SMILES string of the molecule is C=N/C(Cl)=N\C(=N/c1cccc2ccccc12)c1cccc2ccccc12. The van der Waals surface area contributed by atoms with E-state index in [9.17, 15) is 0 Å². The number of hydrogen-bond acceptors (Lipinski definition) is 1. The molecule has 4 heteroatoms. The van der Waals surface area contributed by atoms with Crippen molar-refractivity contribution >= 4 is 56.7 Å². The fourth-order valence-corrected chi connectivity index (χ4v) is 3.19. The molecule has 0 atom stereocenters. The minimum Gasteiger partial charge on any atom is -0.234 e. The van der Waals surface area contributed by atoms with Crippen LogP contribution in [-0.4, -0.2) is 17.8 Å². The van der Waals surface area contributed by atoms with Gasteiger partial charge in [-0.15, -0.1) is 0 Å². The predicted octanol–water partition coefficient (Wildman–Crippen LogP) is 6.37. The van der Waals surface area contributed by atoms with Gasteiger partial charge in [-0.25, -0.2) is 9.98 Å². The van der Waals surface area contributed by atoms with E-state index in [1.807, 2.05) is 60.7 Å². The summed E-state index contributed by atoms with van der Waals surface area (Å²) >= 11 is 6.09. The van der Waals surface area contributed by atoms with Gasteiger partial charge in [0.25, 0.3) is 0 Å². The highest BCUT2D eigenvalue weighted by Crippen LogP contribution is 2.28. The van der Waals surface area contributed by atoms with Gasteiger partial charge >= 0.3 is 0 Å². The van der Waals surface area contributed by atoms with Crippen LogP contribution in [0.15, 0.2) is 99.9 Å². The van der Waals surface area contributed by atoms with Crippen molar-refractivity contribution in [1.29, 1.82) is 0 Å². The number of nitrogens with zero attached hydrogens (tertiary/aromatic N) is 3. The van der Waals surface area contributed by atoms with Crippen LogP contribution in [0.4, 0.5) is 5.69 Å². The van der Waals surface area contributed by atoms with Gasteiger partial charge in [0.15, 0.2) is 5.84 Å². The molecule has 0 bridgehead atoms. The summed E-state index contributed by atoms with van der Waals surface area (Å²) in [7, 11) is 0. The molecule has 0 aliphatic heterocycles. The molecule has 0 radical (unpaired) electrons. The molecule has 4 aromatic carbocycles. The molecule has 4 aromatic rings. The van der Waals surface area contributed by atoms with E-state index in [-0.39, 0.29) is 5.29 Å². The molecule has 0 spiro atoms. The van der Waals surface area contributed by atoms with Crippen LogP contribution in [-0.2, 0) is 0 Å². The molecule has 0 unspecified atom stereocenters. The normalized spacial score (nSPS) is 12.5. The number of hydrogen-bond donors (Lipinski definition) is 0. The van der Waals surface area contributed by atoms with Crippen molar-refractivity contribution in [3.63, 3.8) is 0 Å². The molecule has 0 N–H and O–H groups in total. The van der Waals surface area contributed by atoms with Crippen LogP contribution in [0.2, 0.25) is 0 Å². The molecule has 0 amide bonds. The summed E-state index contributed by atoms with van der Waals surface area (Å²) in [6, 6.07) is 28.3. The summed E-state index contributed by atoms with van der Waals surface area (Å²) in [5.74, 6) is 0.501. The van der Waals surface area contributed by atoms with E-state index in [1.165, 1.54) is 0 Å². The van der Waals surface area contributed by atoms with E-state index in [2.05, 4.69) is 41.0 Å². The second kappa shape index (κ2) is 7.52. The summed E-state index contributed by atoms with van der Waals surface area (Å²) < 4.78 is 0. The first kappa shape index (κ1) is 17.1. The Hall–Kier alpha value is -3.30. The van der Waals surface area contributed by atoms with Crippen LogP contribution in [0.1, 0.15) is 5.56 Å². The molecule has 0 saturated carbocycles. The quantitative estimate of drug-likeness (QED) is 0.224. The Balaban J connectivity index is 1.99. The van der Waals surface area contributed by atoms with Crippen molar-refractivity contribution < 1.29 is 0 Å². The van der Waals surface area contributed by atoms with Crippen LogP contribution < -0.4 is 0 Å². The van der Waals surface area contributed by atoms with Gasteiger partial charge < -0.3 is 0 Å². The lowest BCUT2D eigenvalue weighted by atomic mass is 10.0. The molecular formula is C23H16ClN3. The first-order chi connectivity index (χ1) is 13.3. The van der Waals surface area contributed by atoms with Gasteiger partial charge in [0.1, 0.15) is 0 Å². The fourth-order valence-electron chi connectivity index (χ4n) is 3.11. The van der Waals surface area contributed by atoms with Crippen LogP contribution in [0.5, 0.6) is 0 Å². The van der Waals surface area contributed by atoms with Gasteiger partial charge in [0.05, 0.1) is 5.69 Å². The van der Waals surface area contributed by atoms with E-state index < -0.39 is 0 Å². The number of aliphatic imine (C=N–C) groups is 3. The third-order valence-corrected chi connectivity index (χ3v) is 4.56. The van der Waals surface area contributed by atoms with Crippen molar-refractivity contribution in [3.05, 3.63) is 90.5 Å². The zero-order chi connectivity index (χ0) is 18.6. The van der Waals surface area contributed by atoms with E-state index in [0.29, 0.717) is 5.84 Å². The van der Waals surface area contributed by atoms with Crippen molar-refractivity contribution in [2.75, 3.05) is 0 Å². The van der Waals surface area contributed by atoms with Crippen LogP contribution in [0.3, 0.4) is 0 Å². The molecule has 0 fully saturated rings. The Morgan fingerprint density at radius 2 is 1.30 bits per heavy atom. The Bertz CT molecular complexity index is 1200. The summed E-state index contributed by atoms with van der Waals surface area (Å²) in [5.41, 5.74) is 1.72. The number of halogens is 1. The molecule has 0 saturated heterocycles. The summed E-state index contributed by atoms with van der Waals surface area (Å²) in [6.07, 6.45) is 0.